The highest BCUT2D eigenvalue weighted by molar-refractivity contribution is 6.32. The Bertz CT molecular complexity index is 694. The second-order valence-corrected chi connectivity index (χ2v) is 8.01. The number of hydrogen-bond donors (Lipinski definition) is 1. The molecule has 1 aliphatic rings. The summed E-state index contributed by atoms with van der Waals surface area (Å²) in [6, 6.07) is 3.56. The monoisotopic (exact) mass is 424 g/mol. The zero-order chi connectivity index (χ0) is 21.2. The molecule has 1 saturated heterocycles. The van der Waals surface area contributed by atoms with E-state index in [-0.39, 0.29) is 12.0 Å². The lowest BCUT2D eigenvalue weighted by Crippen LogP contribution is -2.48. The summed E-state index contributed by atoms with van der Waals surface area (Å²) >= 11 is 6.32. The van der Waals surface area contributed by atoms with Crippen molar-refractivity contribution in [1.82, 2.24) is 10.2 Å². The fourth-order valence-corrected chi connectivity index (χ4v) is 3.49. The lowest BCUT2D eigenvalue weighted by Gasteiger charge is -2.33. The van der Waals surface area contributed by atoms with E-state index in [1.807, 2.05) is 6.92 Å². The van der Waals surface area contributed by atoms with Gasteiger partial charge in [-0.2, -0.15) is 0 Å². The number of ether oxygens (including phenoxy) is 3. The third-order valence-electron chi connectivity index (χ3n) is 4.48. The molecule has 1 aromatic carbocycles. The summed E-state index contributed by atoms with van der Waals surface area (Å²) in [5.74, 6) is 1.52. The molecule has 2 rings (SSSR count). The zero-order valence-electron chi connectivity index (χ0n) is 17.9. The maximum atomic E-state index is 12.2. The minimum atomic E-state index is -0.170. The van der Waals surface area contributed by atoms with Gasteiger partial charge in [0.2, 0.25) is 5.91 Å². The van der Waals surface area contributed by atoms with Gasteiger partial charge in [0.1, 0.15) is 0 Å². The molecule has 0 radical (unpaired) electrons. The summed E-state index contributed by atoms with van der Waals surface area (Å²) in [6.45, 7) is 11.0. The van der Waals surface area contributed by atoms with Gasteiger partial charge >= 0.3 is 0 Å². The first-order chi connectivity index (χ1) is 13.9. The van der Waals surface area contributed by atoms with Crippen molar-refractivity contribution in [3.63, 3.8) is 0 Å². The number of hydrogen-bond acceptors (Lipinski definition) is 5. The van der Waals surface area contributed by atoms with Crippen LogP contribution in [0.5, 0.6) is 11.5 Å². The lowest BCUT2D eigenvalue weighted by atomic mass is 10.1. The van der Waals surface area contributed by atoms with Gasteiger partial charge in [-0.15, -0.1) is 0 Å². The van der Waals surface area contributed by atoms with Crippen LogP contribution in [0, 0.1) is 5.92 Å². The molecule has 1 aliphatic heterocycles. The number of carbonyl (C=O) groups excluding carboxylic acids is 1. The third-order valence-corrected chi connectivity index (χ3v) is 4.76. The normalized spacial score (nSPS) is 17.7. The maximum Gasteiger partial charge on any atom is 0.244 e. The van der Waals surface area contributed by atoms with Gasteiger partial charge in [-0.05, 0) is 36.1 Å². The first-order valence-electron chi connectivity index (χ1n) is 10.2. The minimum absolute atomic E-state index is 0.0180. The summed E-state index contributed by atoms with van der Waals surface area (Å²) in [5.41, 5.74) is 0.767. The highest BCUT2D eigenvalue weighted by Crippen LogP contribution is 2.36. The van der Waals surface area contributed by atoms with E-state index in [1.54, 1.807) is 25.3 Å². The van der Waals surface area contributed by atoms with Crippen LogP contribution in [-0.2, 0) is 9.53 Å². The van der Waals surface area contributed by atoms with E-state index in [0.29, 0.717) is 42.2 Å². The van der Waals surface area contributed by atoms with Crippen molar-refractivity contribution in [2.24, 2.45) is 5.92 Å². The van der Waals surface area contributed by atoms with Crippen LogP contribution < -0.4 is 14.8 Å². The fourth-order valence-electron chi connectivity index (χ4n) is 3.21. The highest BCUT2D eigenvalue weighted by atomic mass is 35.5. The molecule has 1 heterocycles. The Hall–Kier alpha value is -1.76. The predicted molar refractivity (Wildman–Crippen MR) is 117 cm³/mol. The van der Waals surface area contributed by atoms with Gasteiger partial charge in [-0.1, -0.05) is 32.4 Å². The van der Waals surface area contributed by atoms with Crippen molar-refractivity contribution in [3.05, 3.63) is 28.8 Å². The van der Waals surface area contributed by atoms with Crippen molar-refractivity contribution in [2.45, 2.75) is 33.3 Å². The number of nitrogens with one attached hydrogen (secondary N) is 1. The van der Waals surface area contributed by atoms with Gasteiger partial charge in [0, 0.05) is 32.3 Å². The van der Waals surface area contributed by atoms with Crippen molar-refractivity contribution < 1.29 is 19.0 Å². The van der Waals surface area contributed by atoms with E-state index in [9.17, 15) is 4.79 Å². The Morgan fingerprint density at radius 3 is 2.93 bits per heavy atom. The van der Waals surface area contributed by atoms with E-state index in [4.69, 9.17) is 25.8 Å². The average Bonchev–Trinajstić information content (AvgIpc) is 2.69. The second kappa shape index (κ2) is 12.1. The standard InChI is InChI=1S/C22H33ClN2O4/c1-5-9-29-22-19(23)11-17(12-20(22)27-4)6-7-21(26)24-13-18-15-25(8-10-28-18)14-16(2)3/h6-7,11-12,16,18H,5,8-10,13-15H2,1-4H3,(H,24,26)/b7-6+. The van der Waals surface area contributed by atoms with Crippen LogP contribution in [-0.4, -0.2) is 63.4 Å². The summed E-state index contributed by atoms with van der Waals surface area (Å²) < 4.78 is 16.8. The van der Waals surface area contributed by atoms with Gasteiger partial charge in [-0.25, -0.2) is 0 Å². The predicted octanol–water partition coefficient (Wildman–Crippen LogP) is 3.62. The maximum absolute atomic E-state index is 12.2. The smallest absolute Gasteiger partial charge is 0.244 e. The van der Waals surface area contributed by atoms with Crippen molar-refractivity contribution in [1.29, 1.82) is 0 Å². The second-order valence-electron chi connectivity index (χ2n) is 7.61. The Kier molecular flexibility index (Phi) is 9.78. The number of amides is 1. The molecule has 0 spiro atoms. The number of nitrogens with zero attached hydrogens (tertiary/aromatic N) is 1. The van der Waals surface area contributed by atoms with Crippen LogP contribution >= 0.6 is 11.6 Å². The van der Waals surface area contributed by atoms with Gasteiger partial charge in [0.25, 0.3) is 0 Å². The van der Waals surface area contributed by atoms with Gasteiger partial charge in [-0.3, -0.25) is 9.69 Å². The summed E-state index contributed by atoms with van der Waals surface area (Å²) in [4.78, 5) is 14.6. The van der Waals surface area contributed by atoms with Crippen LogP contribution in [0.3, 0.4) is 0 Å². The molecule has 6 nitrogen and oxygen atoms in total. The summed E-state index contributed by atoms with van der Waals surface area (Å²) in [6.07, 6.45) is 4.10. The van der Waals surface area contributed by atoms with Crippen LogP contribution in [0.4, 0.5) is 0 Å². The van der Waals surface area contributed by atoms with Gasteiger partial charge < -0.3 is 19.5 Å². The molecule has 162 valence electrons. The molecule has 7 heteroatoms. The summed E-state index contributed by atoms with van der Waals surface area (Å²) in [5, 5.41) is 3.37. The molecule has 1 unspecified atom stereocenters. The number of benzene rings is 1. The Morgan fingerprint density at radius 2 is 2.24 bits per heavy atom. The number of morpholine rings is 1. The van der Waals surface area contributed by atoms with Crippen LogP contribution in [0.15, 0.2) is 18.2 Å². The fraction of sp³-hybridized carbons (Fsp3) is 0.591. The molecule has 1 amide bonds. The van der Waals surface area contributed by atoms with Crippen LogP contribution in [0.1, 0.15) is 32.8 Å². The SMILES string of the molecule is CCCOc1c(Cl)cc(/C=C/C(=O)NCC2CN(CC(C)C)CCO2)cc1OC. The highest BCUT2D eigenvalue weighted by Gasteiger charge is 2.21. The van der Waals surface area contributed by atoms with Crippen LogP contribution in [0.25, 0.3) is 6.08 Å². The number of rotatable bonds is 10. The number of methoxy groups -OCH3 is 1. The molecule has 1 N–H and O–H groups in total. The molecule has 0 aliphatic carbocycles. The minimum Gasteiger partial charge on any atom is -0.493 e. The molecule has 0 bridgehead atoms. The molecule has 1 atom stereocenters. The molecule has 0 aromatic heterocycles. The summed E-state index contributed by atoms with van der Waals surface area (Å²) in [7, 11) is 1.57. The molecular formula is C22H33ClN2O4. The quantitative estimate of drug-likeness (QED) is 0.581. The Morgan fingerprint density at radius 1 is 1.45 bits per heavy atom. The molecule has 1 fully saturated rings. The number of carbonyl (C=O) groups is 1. The Labute approximate surface area is 179 Å². The van der Waals surface area contributed by atoms with E-state index in [2.05, 4.69) is 24.1 Å². The van der Waals surface area contributed by atoms with Gasteiger partial charge in [0.15, 0.2) is 11.5 Å². The molecule has 0 saturated carbocycles. The Balaban J connectivity index is 1.89. The van der Waals surface area contributed by atoms with Crippen molar-refractivity contribution in [2.75, 3.05) is 46.5 Å². The molecule has 29 heavy (non-hydrogen) atoms. The first-order valence-corrected chi connectivity index (χ1v) is 10.6. The van der Waals surface area contributed by atoms with Crippen molar-refractivity contribution >= 4 is 23.6 Å². The molecular weight excluding hydrogens is 392 g/mol. The van der Waals surface area contributed by atoms with Crippen LogP contribution in [0.2, 0.25) is 5.02 Å². The van der Waals surface area contributed by atoms with Crippen molar-refractivity contribution in [3.8, 4) is 11.5 Å². The van der Waals surface area contributed by atoms with E-state index >= 15 is 0 Å². The van der Waals surface area contributed by atoms with E-state index in [0.717, 1.165) is 31.6 Å². The third kappa shape index (κ3) is 7.88. The van der Waals surface area contributed by atoms with E-state index in [1.165, 1.54) is 6.08 Å². The largest absolute Gasteiger partial charge is 0.493 e. The van der Waals surface area contributed by atoms with Gasteiger partial charge in [0.05, 0.1) is 31.5 Å². The topological polar surface area (TPSA) is 60.0 Å². The number of halogens is 1. The van der Waals surface area contributed by atoms with E-state index < -0.39 is 0 Å². The zero-order valence-corrected chi connectivity index (χ0v) is 18.6. The molecule has 1 aromatic rings. The lowest BCUT2D eigenvalue weighted by molar-refractivity contribution is -0.117. The first kappa shape index (κ1) is 23.5. The average molecular weight is 425 g/mol.